The van der Waals surface area contributed by atoms with Gasteiger partial charge in [-0.05, 0) is 0 Å². The fourth-order valence-corrected chi connectivity index (χ4v) is 20.4. The summed E-state index contributed by atoms with van der Waals surface area (Å²) in [5.41, 5.74) is 1.51. The van der Waals surface area contributed by atoms with Gasteiger partial charge in [0.1, 0.15) is 0 Å². The molecule has 1 aromatic rings. The summed E-state index contributed by atoms with van der Waals surface area (Å²) in [4.78, 5) is 2.30. The molecule has 0 amide bonds. The van der Waals surface area contributed by atoms with E-state index in [9.17, 15) is 0 Å². The van der Waals surface area contributed by atoms with Crippen molar-refractivity contribution >= 4 is 22.0 Å². The summed E-state index contributed by atoms with van der Waals surface area (Å²) < 4.78 is 8.47. The third-order valence-electron chi connectivity index (χ3n) is 5.13. The van der Waals surface area contributed by atoms with Gasteiger partial charge >= 0.3 is 149 Å². The van der Waals surface area contributed by atoms with Crippen molar-refractivity contribution in [2.24, 2.45) is 7.05 Å². The molecule has 134 valence electrons. The Morgan fingerprint density at radius 2 is 1.43 bits per heavy atom. The Morgan fingerprint density at radius 3 is 1.83 bits per heavy atom. The molecule has 0 unspecified atom stereocenters. The van der Waals surface area contributed by atoms with Gasteiger partial charge in [0.05, 0.1) is 0 Å². The first kappa shape index (κ1) is 21.0. The van der Waals surface area contributed by atoms with Crippen molar-refractivity contribution in [3.63, 3.8) is 0 Å². The fourth-order valence-electron chi connectivity index (χ4n) is 3.72. The first-order valence-electron chi connectivity index (χ1n) is 9.66. The Morgan fingerprint density at radius 1 is 0.957 bits per heavy atom. The van der Waals surface area contributed by atoms with Crippen molar-refractivity contribution in [2.45, 2.75) is 79.2 Å². The van der Waals surface area contributed by atoms with Gasteiger partial charge in [0.25, 0.3) is 0 Å². The van der Waals surface area contributed by atoms with Crippen LogP contribution in [0.2, 0.25) is 13.3 Å². The molecule has 3 nitrogen and oxygen atoms in total. The first-order chi connectivity index (χ1) is 11.0. The molecule has 0 N–H and O–H groups in total. The van der Waals surface area contributed by atoms with E-state index in [1.807, 2.05) is 0 Å². The van der Waals surface area contributed by atoms with Crippen LogP contribution >= 0.6 is 0 Å². The summed E-state index contributed by atoms with van der Waals surface area (Å²) in [5, 5.41) is 4.70. The van der Waals surface area contributed by atoms with E-state index in [1.165, 1.54) is 57.5 Å². The average molecular weight is 428 g/mol. The molecule has 23 heavy (non-hydrogen) atoms. The molecule has 0 aliphatic rings. The molecule has 0 aromatic carbocycles. The Labute approximate surface area is 148 Å². The molecule has 1 aromatic heterocycles. The number of hydrogen-bond acceptors (Lipinski definition) is 2. The molecule has 0 radical (unpaired) electrons. The van der Waals surface area contributed by atoms with Gasteiger partial charge in [0, 0.05) is 0 Å². The molecule has 0 saturated carbocycles. The molecule has 0 spiro atoms. The molecular weight excluding hydrogens is 389 g/mol. The zero-order chi connectivity index (χ0) is 17.3. The number of nitrogens with zero attached hydrogens (tertiary/aromatic N) is 3. The summed E-state index contributed by atoms with van der Waals surface area (Å²) in [6, 6.07) is 0. The maximum atomic E-state index is 4.70. The third kappa shape index (κ3) is 6.08. The second-order valence-corrected chi connectivity index (χ2v) is 20.6. The van der Waals surface area contributed by atoms with E-state index in [4.69, 9.17) is 5.10 Å². The summed E-state index contributed by atoms with van der Waals surface area (Å²) in [6.07, 6.45) is 10.5. The van der Waals surface area contributed by atoms with Crippen LogP contribution in [0, 0.1) is 0 Å². The second kappa shape index (κ2) is 10.8. The summed E-state index contributed by atoms with van der Waals surface area (Å²) in [7, 11) is 6.49. The fraction of sp³-hybridized carbons (Fsp3) is 0.842. The molecular formula is C19H39N3Sn. The van der Waals surface area contributed by atoms with Gasteiger partial charge in [-0.25, -0.2) is 0 Å². The van der Waals surface area contributed by atoms with E-state index in [0.717, 1.165) is 6.54 Å². The SMILES string of the molecule is CCC[CH2][Sn]([CH2]CCC)([CH2]CCC)[c]1cnn(C)c1CN(C)C. The van der Waals surface area contributed by atoms with Crippen LogP contribution < -0.4 is 3.58 Å². The number of aromatic nitrogens is 2. The van der Waals surface area contributed by atoms with E-state index in [0.29, 0.717) is 0 Å². The molecule has 4 heteroatoms. The van der Waals surface area contributed by atoms with Crippen LogP contribution in [0.3, 0.4) is 0 Å². The topological polar surface area (TPSA) is 21.1 Å². The van der Waals surface area contributed by atoms with Crippen LogP contribution in [0.1, 0.15) is 65.0 Å². The minimum absolute atomic E-state index is 1.04. The molecule has 0 fully saturated rings. The van der Waals surface area contributed by atoms with Crippen molar-refractivity contribution in [2.75, 3.05) is 14.1 Å². The van der Waals surface area contributed by atoms with Crippen LogP contribution in [-0.4, -0.2) is 47.2 Å². The Kier molecular flexibility index (Phi) is 9.83. The van der Waals surface area contributed by atoms with Crippen molar-refractivity contribution < 1.29 is 0 Å². The van der Waals surface area contributed by atoms with Gasteiger partial charge in [-0.2, -0.15) is 0 Å². The normalized spacial score (nSPS) is 12.3. The standard InChI is InChI=1S/C7H12N3.3C4H9.Sn/c1-9(2)6-7-4-5-8-10(7)3;3*1-3-4-2;/h5H,6H2,1-3H3;3*1,3-4H2,2H3;. The Bertz CT molecular complexity index is 418. The number of unbranched alkanes of at least 4 members (excludes halogenated alkanes) is 3. The number of aryl methyl sites for hydroxylation is 1. The van der Waals surface area contributed by atoms with E-state index in [-0.39, 0.29) is 0 Å². The van der Waals surface area contributed by atoms with E-state index in [2.05, 4.69) is 57.7 Å². The molecule has 1 heterocycles. The molecule has 0 saturated heterocycles. The quantitative estimate of drug-likeness (QED) is 0.456. The van der Waals surface area contributed by atoms with Gasteiger partial charge in [-0.1, -0.05) is 0 Å². The van der Waals surface area contributed by atoms with Gasteiger partial charge in [0.2, 0.25) is 0 Å². The van der Waals surface area contributed by atoms with Gasteiger partial charge in [-0.15, -0.1) is 0 Å². The number of rotatable bonds is 12. The predicted octanol–water partition coefficient (Wildman–Crippen LogP) is 4.54. The summed E-state index contributed by atoms with van der Waals surface area (Å²) >= 11 is -2.34. The average Bonchev–Trinajstić information content (AvgIpc) is 2.88. The number of hydrogen-bond donors (Lipinski definition) is 0. The second-order valence-electron chi connectivity index (χ2n) is 7.46. The van der Waals surface area contributed by atoms with Crippen LogP contribution in [0.5, 0.6) is 0 Å². The molecule has 0 aliphatic carbocycles. The van der Waals surface area contributed by atoms with Gasteiger partial charge < -0.3 is 0 Å². The molecule has 0 bridgehead atoms. The Balaban J connectivity index is 3.23. The predicted molar refractivity (Wildman–Crippen MR) is 105 cm³/mol. The zero-order valence-corrected chi connectivity index (χ0v) is 19.3. The monoisotopic (exact) mass is 429 g/mol. The van der Waals surface area contributed by atoms with E-state index in [1.54, 1.807) is 3.58 Å². The molecule has 0 aliphatic heterocycles. The van der Waals surface area contributed by atoms with Crippen LogP contribution in [0.4, 0.5) is 0 Å². The van der Waals surface area contributed by atoms with Crippen molar-refractivity contribution in [1.29, 1.82) is 0 Å². The van der Waals surface area contributed by atoms with E-state index < -0.39 is 18.4 Å². The van der Waals surface area contributed by atoms with Gasteiger partial charge in [-0.3, -0.25) is 0 Å². The van der Waals surface area contributed by atoms with Crippen molar-refractivity contribution in [3.05, 3.63) is 11.9 Å². The minimum atomic E-state index is -2.34. The first-order valence-corrected chi connectivity index (χ1v) is 17.1. The van der Waals surface area contributed by atoms with E-state index >= 15 is 0 Å². The molecule has 0 atom stereocenters. The summed E-state index contributed by atoms with van der Waals surface area (Å²) in [5.74, 6) is 0. The van der Waals surface area contributed by atoms with Crippen molar-refractivity contribution in [1.82, 2.24) is 14.7 Å². The van der Waals surface area contributed by atoms with Crippen LogP contribution in [0.25, 0.3) is 0 Å². The van der Waals surface area contributed by atoms with Crippen LogP contribution in [-0.2, 0) is 13.6 Å². The summed E-state index contributed by atoms with van der Waals surface area (Å²) in [6.45, 7) is 8.08. The molecule has 1 rings (SSSR count). The third-order valence-corrected chi connectivity index (χ3v) is 20.8. The Hall–Kier alpha value is -0.0313. The maximum absolute atomic E-state index is 4.70. The van der Waals surface area contributed by atoms with Crippen LogP contribution in [0.15, 0.2) is 6.20 Å². The van der Waals surface area contributed by atoms with Gasteiger partial charge in [0.15, 0.2) is 0 Å². The zero-order valence-electron chi connectivity index (χ0n) is 16.5. The van der Waals surface area contributed by atoms with Crippen molar-refractivity contribution in [3.8, 4) is 0 Å².